The van der Waals surface area contributed by atoms with Gasteiger partial charge in [0.05, 0.1) is 6.10 Å². The van der Waals surface area contributed by atoms with Gasteiger partial charge < -0.3 is 19.3 Å². The predicted octanol–water partition coefficient (Wildman–Crippen LogP) is 3.93. The monoisotopic (exact) mass is 399 g/mol. The highest BCUT2D eigenvalue weighted by molar-refractivity contribution is 7.08. The molecular weight excluding hydrogens is 378 g/mol. The molecule has 1 fully saturated rings. The first-order valence-corrected chi connectivity index (χ1v) is 10.2. The van der Waals surface area contributed by atoms with E-state index in [1.54, 1.807) is 11.3 Å². The summed E-state index contributed by atoms with van der Waals surface area (Å²) in [4.78, 5) is 16.6. The number of carbonyl (C=O) groups excluding carboxylic acids is 1. The van der Waals surface area contributed by atoms with Gasteiger partial charge in [-0.15, -0.1) is 0 Å². The van der Waals surface area contributed by atoms with E-state index in [2.05, 4.69) is 15.5 Å². The number of aromatic nitrogens is 2. The van der Waals surface area contributed by atoms with Crippen LogP contribution in [0.3, 0.4) is 0 Å². The van der Waals surface area contributed by atoms with Crippen molar-refractivity contribution in [3.05, 3.63) is 47.0 Å². The Hall–Kier alpha value is -2.71. The second-order valence-corrected chi connectivity index (χ2v) is 7.33. The van der Waals surface area contributed by atoms with Crippen molar-refractivity contribution >= 4 is 22.9 Å². The lowest BCUT2D eigenvalue weighted by Gasteiger charge is -2.12. The topological polar surface area (TPSA) is 86.5 Å². The predicted molar refractivity (Wildman–Crippen MR) is 105 cm³/mol. The molecule has 0 spiro atoms. The minimum absolute atomic E-state index is 0.119. The van der Waals surface area contributed by atoms with E-state index >= 15 is 0 Å². The second kappa shape index (κ2) is 8.99. The lowest BCUT2D eigenvalue weighted by atomic mass is 10.2. The molecule has 7 nitrogen and oxygen atoms in total. The number of benzene rings is 1. The van der Waals surface area contributed by atoms with Crippen LogP contribution in [0.2, 0.25) is 0 Å². The zero-order valence-corrected chi connectivity index (χ0v) is 16.1. The molecule has 28 heavy (non-hydrogen) atoms. The van der Waals surface area contributed by atoms with Gasteiger partial charge >= 0.3 is 0 Å². The van der Waals surface area contributed by atoms with Gasteiger partial charge in [0.2, 0.25) is 17.6 Å². The average Bonchev–Trinajstić information content (AvgIpc) is 3.47. The summed E-state index contributed by atoms with van der Waals surface area (Å²) >= 11 is 1.57. The van der Waals surface area contributed by atoms with Gasteiger partial charge in [0.1, 0.15) is 12.4 Å². The highest BCUT2D eigenvalue weighted by atomic mass is 32.1. The van der Waals surface area contributed by atoms with Crippen LogP contribution in [0.4, 0.5) is 5.69 Å². The van der Waals surface area contributed by atoms with E-state index in [0.29, 0.717) is 36.2 Å². The molecule has 0 radical (unpaired) electrons. The Bertz CT molecular complexity index is 904. The smallest absolute Gasteiger partial charge is 0.227 e. The summed E-state index contributed by atoms with van der Waals surface area (Å²) in [5.74, 6) is 1.59. The minimum Gasteiger partial charge on any atom is -0.491 e. The van der Waals surface area contributed by atoms with Crippen LogP contribution in [0.5, 0.6) is 5.75 Å². The van der Waals surface area contributed by atoms with Gasteiger partial charge in [0.15, 0.2) is 0 Å². The maximum atomic E-state index is 12.2. The van der Waals surface area contributed by atoms with Crippen LogP contribution in [0.1, 0.15) is 25.2 Å². The molecular formula is C20H21N3O4S. The molecule has 1 aromatic carbocycles. The van der Waals surface area contributed by atoms with Crippen molar-refractivity contribution < 1.29 is 18.8 Å². The Morgan fingerprint density at radius 2 is 2.32 bits per heavy atom. The van der Waals surface area contributed by atoms with E-state index < -0.39 is 0 Å². The molecule has 1 N–H and O–H groups in total. The first-order valence-electron chi connectivity index (χ1n) is 9.26. The van der Waals surface area contributed by atoms with Crippen molar-refractivity contribution in [2.24, 2.45) is 0 Å². The Morgan fingerprint density at radius 3 is 3.14 bits per heavy atom. The summed E-state index contributed by atoms with van der Waals surface area (Å²) in [5, 5.41) is 10.7. The largest absolute Gasteiger partial charge is 0.491 e. The van der Waals surface area contributed by atoms with Gasteiger partial charge in [-0.1, -0.05) is 11.2 Å². The van der Waals surface area contributed by atoms with E-state index in [-0.39, 0.29) is 18.4 Å². The zero-order chi connectivity index (χ0) is 19.2. The van der Waals surface area contributed by atoms with E-state index in [1.807, 2.05) is 41.1 Å². The molecule has 0 bridgehead atoms. The summed E-state index contributed by atoms with van der Waals surface area (Å²) in [6, 6.07) is 9.30. The number of nitrogens with zero attached hydrogens (tertiary/aromatic N) is 2. The van der Waals surface area contributed by atoms with Crippen LogP contribution in [-0.2, 0) is 16.0 Å². The van der Waals surface area contributed by atoms with E-state index in [4.69, 9.17) is 14.0 Å². The van der Waals surface area contributed by atoms with Crippen LogP contribution < -0.4 is 10.1 Å². The zero-order valence-electron chi connectivity index (χ0n) is 15.3. The van der Waals surface area contributed by atoms with Crippen LogP contribution in [0, 0.1) is 0 Å². The number of carbonyl (C=O) groups is 1. The number of anilines is 1. The molecule has 8 heteroatoms. The average molecular weight is 399 g/mol. The van der Waals surface area contributed by atoms with Crippen LogP contribution >= 0.6 is 11.3 Å². The molecule has 1 aliphatic rings. The Kier molecular flexibility index (Phi) is 5.98. The van der Waals surface area contributed by atoms with Gasteiger partial charge in [-0.25, -0.2) is 0 Å². The Labute approximate surface area is 166 Å². The maximum Gasteiger partial charge on any atom is 0.227 e. The number of thiophene rings is 1. The van der Waals surface area contributed by atoms with Crippen LogP contribution in [0.25, 0.3) is 11.4 Å². The highest BCUT2D eigenvalue weighted by Gasteiger charge is 2.16. The van der Waals surface area contributed by atoms with Crippen LogP contribution in [-0.4, -0.2) is 35.4 Å². The number of hydrogen-bond acceptors (Lipinski definition) is 7. The molecule has 1 unspecified atom stereocenters. The SMILES string of the molecule is O=C(CCc1nc(-c2ccsc2)no1)Nc1cccc(OCC2CCCO2)c1. The van der Waals surface area contributed by atoms with Gasteiger partial charge in [0.25, 0.3) is 0 Å². The van der Waals surface area contributed by atoms with Crippen molar-refractivity contribution in [2.45, 2.75) is 31.8 Å². The van der Waals surface area contributed by atoms with Gasteiger partial charge in [0, 0.05) is 42.1 Å². The quantitative estimate of drug-likeness (QED) is 0.618. The number of ether oxygens (including phenoxy) is 2. The number of hydrogen-bond donors (Lipinski definition) is 1. The fourth-order valence-corrected chi connectivity index (χ4v) is 3.57. The Balaban J connectivity index is 1.26. The molecule has 1 aliphatic heterocycles. The molecule has 1 amide bonds. The fraction of sp³-hybridized carbons (Fsp3) is 0.350. The third-order valence-electron chi connectivity index (χ3n) is 4.39. The molecule has 1 atom stereocenters. The lowest BCUT2D eigenvalue weighted by molar-refractivity contribution is -0.116. The van der Waals surface area contributed by atoms with Gasteiger partial charge in [-0.2, -0.15) is 16.3 Å². The third kappa shape index (κ3) is 4.96. The molecule has 0 saturated carbocycles. The minimum atomic E-state index is -0.119. The van der Waals surface area contributed by atoms with Crippen molar-refractivity contribution in [3.8, 4) is 17.1 Å². The molecule has 3 heterocycles. The van der Waals surface area contributed by atoms with E-state index in [1.165, 1.54) is 0 Å². The number of rotatable bonds is 8. The first-order chi connectivity index (χ1) is 13.8. The Morgan fingerprint density at radius 1 is 1.36 bits per heavy atom. The van der Waals surface area contributed by atoms with Gasteiger partial charge in [-0.05, 0) is 36.4 Å². The molecule has 0 aliphatic carbocycles. The molecule has 2 aromatic heterocycles. The first kappa shape index (κ1) is 18.6. The normalized spacial score (nSPS) is 16.2. The van der Waals surface area contributed by atoms with Crippen molar-refractivity contribution in [3.63, 3.8) is 0 Å². The highest BCUT2D eigenvalue weighted by Crippen LogP contribution is 2.21. The lowest BCUT2D eigenvalue weighted by Crippen LogP contribution is -2.16. The van der Waals surface area contributed by atoms with Gasteiger partial charge in [-0.3, -0.25) is 4.79 Å². The molecule has 1 saturated heterocycles. The summed E-state index contributed by atoms with van der Waals surface area (Å²) in [7, 11) is 0. The standard InChI is InChI=1S/C20H21N3O4S/c24-18(6-7-19-22-20(23-27-19)14-8-10-28-13-14)21-15-3-1-4-16(11-15)26-12-17-5-2-9-25-17/h1,3-4,8,10-11,13,17H,2,5-7,9,12H2,(H,21,24). The third-order valence-corrected chi connectivity index (χ3v) is 5.07. The second-order valence-electron chi connectivity index (χ2n) is 6.55. The summed E-state index contributed by atoms with van der Waals surface area (Å²) in [5.41, 5.74) is 1.61. The number of amides is 1. The number of nitrogens with one attached hydrogen (secondary N) is 1. The van der Waals surface area contributed by atoms with Crippen molar-refractivity contribution in [1.29, 1.82) is 0 Å². The number of aryl methyl sites for hydroxylation is 1. The van der Waals surface area contributed by atoms with Crippen molar-refractivity contribution in [2.75, 3.05) is 18.5 Å². The summed E-state index contributed by atoms with van der Waals surface area (Å²) in [6.45, 7) is 1.33. The fourth-order valence-electron chi connectivity index (χ4n) is 2.94. The summed E-state index contributed by atoms with van der Waals surface area (Å²) in [6.07, 6.45) is 2.91. The molecule has 3 aromatic rings. The maximum absolute atomic E-state index is 12.2. The summed E-state index contributed by atoms with van der Waals surface area (Å²) < 4.78 is 16.5. The van der Waals surface area contributed by atoms with Crippen molar-refractivity contribution in [1.82, 2.24) is 10.1 Å². The molecule has 146 valence electrons. The van der Waals surface area contributed by atoms with Crippen LogP contribution in [0.15, 0.2) is 45.6 Å². The van der Waals surface area contributed by atoms with E-state index in [0.717, 1.165) is 25.0 Å². The van der Waals surface area contributed by atoms with E-state index in [9.17, 15) is 4.79 Å². The molecule has 4 rings (SSSR count).